The number of amides is 3. The van der Waals surface area contributed by atoms with Gasteiger partial charge in [-0.05, 0) is 35.4 Å². The normalized spacial score (nSPS) is 12.8. The van der Waals surface area contributed by atoms with Crippen LogP contribution in [0.2, 0.25) is 0 Å². The van der Waals surface area contributed by atoms with E-state index in [0.717, 1.165) is 24.0 Å². The van der Waals surface area contributed by atoms with Crippen molar-refractivity contribution in [1.29, 1.82) is 0 Å². The van der Waals surface area contributed by atoms with Gasteiger partial charge >= 0.3 is 6.03 Å². The van der Waals surface area contributed by atoms with Crippen LogP contribution in [-0.2, 0) is 16.1 Å². The molecule has 1 aromatic carbocycles. The van der Waals surface area contributed by atoms with E-state index >= 15 is 0 Å². The van der Waals surface area contributed by atoms with E-state index in [1.54, 1.807) is 19.1 Å². The predicted octanol–water partition coefficient (Wildman–Crippen LogP) is 3.17. The zero-order valence-corrected chi connectivity index (χ0v) is 17.1. The molecule has 3 N–H and O–H groups in total. The number of primary amides is 1. The fourth-order valence-corrected chi connectivity index (χ4v) is 2.67. The van der Waals surface area contributed by atoms with Gasteiger partial charge in [-0.3, -0.25) is 4.79 Å². The molecule has 6 heteroatoms. The van der Waals surface area contributed by atoms with Crippen LogP contribution in [-0.4, -0.2) is 43.6 Å². The maximum atomic E-state index is 12.3. The smallest absolute Gasteiger partial charge is 0.317 e. The zero-order valence-electron chi connectivity index (χ0n) is 17.1. The number of carbonyl (C=O) groups excluding carboxylic acids is 2. The maximum absolute atomic E-state index is 12.3. The van der Waals surface area contributed by atoms with Gasteiger partial charge in [0.2, 0.25) is 5.91 Å². The highest BCUT2D eigenvalue weighted by Gasteiger charge is 2.31. The summed E-state index contributed by atoms with van der Waals surface area (Å²) >= 11 is 0. The molecule has 0 aliphatic carbocycles. The summed E-state index contributed by atoms with van der Waals surface area (Å²) in [7, 11) is 3.40. The second-order valence-corrected chi connectivity index (χ2v) is 7.80. The van der Waals surface area contributed by atoms with Gasteiger partial charge in [0.05, 0.1) is 6.61 Å². The Bertz CT molecular complexity index is 650. The molecule has 6 nitrogen and oxygen atoms in total. The van der Waals surface area contributed by atoms with E-state index in [9.17, 15) is 9.59 Å². The van der Waals surface area contributed by atoms with Gasteiger partial charge in [-0.1, -0.05) is 51.1 Å². The molecule has 0 saturated carbocycles. The van der Waals surface area contributed by atoms with Gasteiger partial charge in [0.1, 0.15) is 6.04 Å². The van der Waals surface area contributed by atoms with Crippen molar-refractivity contribution in [3.8, 4) is 0 Å². The SMILES string of the molecule is COCc1cccc(/C=C/CCCN(C)C(=O)N[C@H](C(N)=O)C(C)(C)C)c1. The second-order valence-electron chi connectivity index (χ2n) is 7.80. The van der Waals surface area contributed by atoms with Gasteiger partial charge in [0, 0.05) is 20.7 Å². The highest BCUT2D eigenvalue weighted by Crippen LogP contribution is 2.19. The first-order chi connectivity index (χ1) is 12.6. The molecule has 1 aromatic rings. The van der Waals surface area contributed by atoms with Crippen molar-refractivity contribution in [2.24, 2.45) is 11.1 Å². The number of unbranched alkanes of at least 4 members (excludes halogenated alkanes) is 1. The van der Waals surface area contributed by atoms with E-state index < -0.39 is 17.4 Å². The van der Waals surface area contributed by atoms with Gasteiger partial charge < -0.3 is 20.7 Å². The quantitative estimate of drug-likeness (QED) is 0.650. The highest BCUT2D eigenvalue weighted by molar-refractivity contribution is 5.86. The Balaban J connectivity index is 2.43. The van der Waals surface area contributed by atoms with Crippen LogP contribution in [0.15, 0.2) is 30.3 Å². The summed E-state index contributed by atoms with van der Waals surface area (Å²) < 4.78 is 5.14. The number of nitrogens with zero attached hydrogens (tertiary/aromatic N) is 1. The third-order valence-corrected chi connectivity index (χ3v) is 4.20. The molecular formula is C21H33N3O3. The molecule has 150 valence electrons. The largest absolute Gasteiger partial charge is 0.380 e. The lowest BCUT2D eigenvalue weighted by molar-refractivity contribution is -0.122. The predicted molar refractivity (Wildman–Crippen MR) is 109 cm³/mol. The molecule has 0 aromatic heterocycles. The lowest BCUT2D eigenvalue weighted by atomic mass is 9.86. The average Bonchev–Trinajstić information content (AvgIpc) is 2.58. The monoisotopic (exact) mass is 375 g/mol. The third-order valence-electron chi connectivity index (χ3n) is 4.20. The molecule has 0 aliphatic rings. The number of benzene rings is 1. The number of carbonyl (C=O) groups is 2. The van der Waals surface area contributed by atoms with E-state index in [1.807, 2.05) is 39.0 Å². The Labute approximate surface area is 162 Å². The van der Waals surface area contributed by atoms with Crippen LogP contribution in [0.4, 0.5) is 4.79 Å². The average molecular weight is 376 g/mol. The first kappa shape index (κ1) is 22.7. The summed E-state index contributed by atoms with van der Waals surface area (Å²) in [4.78, 5) is 25.4. The van der Waals surface area contributed by atoms with Crippen molar-refractivity contribution in [3.05, 3.63) is 41.5 Å². The number of nitrogens with two attached hydrogens (primary N) is 1. The molecule has 3 amide bonds. The first-order valence-electron chi connectivity index (χ1n) is 9.20. The van der Waals surface area contributed by atoms with Crippen LogP contribution in [0.5, 0.6) is 0 Å². The van der Waals surface area contributed by atoms with Crippen LogP contribution in [0.3, 0.4) is 0 Å². The van der Waals surface area contributed by atoms with Gasteiger partial charge in [-0.25, -0.2) is 4.79 Å². The molecule has 1 atom stereocenters. The molecule has 0 aliphatic heterocycles. The number of hydrogen-bond donors (Lipinski definition) is 2. The van der Waals surface area contributed by atoms with Gasteiger partial charge in [-0.2, -0.15) is 0 Å². The number of urea groups is 1. The molecule has 0 bridgehead atoms. The van der Waals surface area contributed by atoms with E-state index in [-0.39, 0.29) is 6.03 Å². The number of methoxy groups -OCH3 is 1. The molecule has 1 rings (SSSR count). The minimum Gasteiger partial charge on any atom is -0.380 e. The van der Waals surface area contributed by atoms with Crippen molar-refractivity contribution >= 4 is 18.0 Å². The van der Waals surface area contributed by atoms with Crippen molar-refractivity contribution < 1.29 is 14.3 Å². The highest BCUT2D eigenvalue weighted by atomic mass is 16.5. The maximum Gasteiger partial charge on any atom is 0.317 e. The van der Waals surface area contributed by atoms with Crippen LogP contribution in [0.25, 0.3) is 6.08 Å². The fourth-order valence-electron chi connectivity index (χ4n) is 2.67. The number of hydrogen-bond acceptors (Lipinski definition) is 3. The fraction of sp³-hybridized carbons (Fsp3) is 0.524. The van der Waals surface area contributed by atoms with Crippen LogP contribution in [0.1, 0.15) is 44.7 Å². The summed E-state index contributed by atoms with van der Waals surface area (Å²) in [5.41, 5.74) is 7.25. The molecule has 0 spiro atoms. The van der Waals surface area contributed by atoms with E-state index in [4.69, 9.17) is 10.5 Å². The van der Waals surface area contributed by atoms with E-state index in [2.05, 4.69) is 23.5 Å². The number of ether oxygens (including phenoxy) is 1. The zero-order chi connectivity index (χ0) is 20.4. The van der Waals surface area contributed by atoms with Gasteiger partial charge in [0.25, 0.3) is 0 Å². The Morgan fingerprint density at radius 1 is 1.33 bits per heavy atom. The lowest BCUT2D eigenvalue weighted by Crippen LogP contribution is -2.54. The number of nitrogens with one attached hydrogen (secondary N) is 1. The topological polar surface area (TPSA) is 84.7 Å². The van der Waals surface area contributed by atoms with Crippen LogP contribution >= 0.6 is 0 Å². The summed E-state index contributed by atoms with van der Waals surface area (Å²) in [5, 5.41) is 2.72. The number of allylic oxidation sites excluding steroid dienone is 1. The van der Waals surface area contributed by atoms with E-state index in [0.29, 0.717) is 13.2 Å². The molecular weight excluding hydrogens is 342 g/mol. The summed E-state index contributed by atoms with van der Waals surface area (Å²) in [5.74, 6) is -0.525. The van der Waals surface area contributed by atoms with Gasteiger partial charge in [0.15, 0.2) is 0 Å². The Kier molecular flexibility index (Phi) is 9.02. The van der Waals surface area contributed by atoms with E-state index in [1.165, 1.54) is 0 Å². The molecule has 0 radical (unpaired) electrons. The van der Waals surface area contributed by atoms with Crippen LogP contribution in [0, 0.1) is 5.41 Å². The Morgan fingerprint density at radius 3 is 2.63 bits per heavy atom. The minimum atomic E-state index is -0.702. The third kappa shape index (κ3) is 8.26. The second kappa shape index (κ2) is 10.7. The van der Waals surface area contributed by atoms with Crippen molar-refractivity contribution in [1.82, 2.24) is 10.2 Å². The van der Waals surface area contributed by atoms with Crippen molar-refractivity contribution in [2.45, 2.75) is 46.3 Å². The van der Waals surface area contributed by atoms with Crippen molar-refractivity contribution in [3.63, 3.8) is 0 Å². The minimum absolute atomic E-state index is 0.287. The Hall–Kier alpha value is -2.34. The van der Waals surface area contributed by atoms with Crippen LogP contribution < -0.4 is 11.1 Å². The molecule has 0 saturated heterocycles. The standard InChI is InChI=1S/C21H33N3O3/c1-21(2,3)18(19(22)25)23-20(26)24(4)13-8-6-7-10-16-11-9-12-17(14-16)15-27-5/h7,9-12,14,18H,6,8,13,15H2,1-5H3,(H2,22,25)(H,23,26)/b10-7+/t18-/m1/s1. The molecule has 0 unspecified atom stereocenters. The van der Waals surface area contributed by atoms with Crippen molar-refractivity contribution in [2.75, 3.05) is 20.7 Å². The summed E-state index contributed by atoms with van der Waals surface area (Å²) in [6, 6.07) is 7.19. The summed E-state index contributed by atoms with van der Waals surface area (Å²) in [6.45, 7) is 6.80. The summed E-state index contributed by atoms with van der Waals surface area (Å²) in [6.07, 6.45) is 5.85. The molecule has 0 fully saturated rings. The first-order valence-corrected chi connectivity index (χ1v) is 9.20. The van der Waals surface area contributed by atoms with Gasteiger partial charge in [-0.15, -0.1) is 0 Å². The number of rotatable bonds is 9. The Morgan fingerprint density at radius 2 is 2.04 bits per heavy atom. The molecule has 0 heterocycles. The lowest BCUT2D eigenvalue weighted by Gasteiger charge is -2.30. The molecule has 27 heavy (non-hydrogen) atoms.